The third-order valence-electron chi connectivity index (χ3n) is 3.21. The van der Waals surface area contributed by atoms with Crippen molar-refractivity contribution in [2.45, 2.75) is 55.8 Å². The van der Waals surface area contributed by atoms with Crippen molar-refractivity contribution in [3.05, 3.63) is 0 Å². The Morgan fingerprint density at radius 2 is 2.39 bits per heavy atom. The average molecular weight is 266 g/mol. The van der Waals surface area contributed by atoms with Crippen LogP contribution in [-0.4, -0.2) is 31.5 Å². The summed E-state index contributed by atoms with van der Waals surface area (Å²) >= 11 is 1.65. The van der Waals surface area contributed by atoms with E-state index in [2.05, 4.69) is 21.6 Å². The van der Waals surface area contributed by atoms with Crippen LogP contribution in [0.2, 0.25) is 0 Å². The first-order chi connectivity index (χ1) is 8.68. The molecule has 7 heteroatoms. The van der Waals surface area contributed by atoms with E-state index in [9.17, 15) is 0 Å². The van der Waals surface area contributed by atoms with Gasteiger partial charge in [0.15, 0.2) is 0 Å². The molecule has 18 heavy (non-hydrogen) atoms. The maximum atomic E-state index is 8.98. The van der Waals surface area contributed by atoms with E-state index in [0.717, 1.165) is 23.8 Å². The zero-order valence-electron chi connectivity index (χ0n) is 10.5. The van der Waals surface area contributed by atoms with Gasteiger partial charge in [0.25, 0.3) is 0 Å². The summed E-state index contributed by atoms with van der Waals surface area (Å²) in [6, 6.07) is 2.69. The van der Waals surface area contributed by atoms with Gasteiger partial charge in [-0.15, -0.1) is 5.10 Å². The standard InChI is InChI=1S/C11H18N6S/c1-2-11(13,8-12)6-3-7-18-10-14-15-16-17(10)9-4-5-9/h9H,2-7,13H2,1H3. The molecule has 98 valence electrons. The molecular formula is C11H18N6S. The molecule has 0 saturated heterocycles. The minimum Gasteiger partial charge on any atom is -0.313 e. The summed E-state index contributed by atoms with van der Waals surface area (Å²) < 4.78 is 1.91. The van der Waals surface area contributed by atoms with Gasteiger partial charge in [-0.2, -0.15) is 5.26 Å². The van der Waals surface area contributed by atoms with Crippen LogP contribution < -0.4 is 5.73 Å². The van der Waals surface area contributed by atoms with E-state index < -0.39 is 5.54 Å². The number of aromatic nitrogens is 4. The summed E-state index contributed by atoms with van der Waals surface area (Å²) in [6.45, 7) is 1.95. The van der Waals surface area contributed by atoms with E-state index in [1.165, 1.54) is 12.8 Å². The molecule has 0 bridgehead atoms. The number of nitrogens with two attached hydrogens (primary N) is 1. The van der Waals surface area contributed by atoms with Gasteiger partial charge in [-0.3, -0.25) is 0 Å². The van der Waals surface area contributed by atoms with Crippen molar-refractivity contribution in [2.24, 2.45) is 5.73 Å². The van der Waals surface area contributed by atoms with Gasteiger partial charge in [0.2, 0.25) is 5.16 Å². The summed E-state index contributed by atoms with van der Waals surface area (Å²) in [5.74, 6) is 0.897. The summed E-state index contributed by atoms with van der Waals surface area (Å²) in [5, 5.41) is 21.6. The predicted molar refractivity (Wildman–Crippen MR) is 68.9 cm³/mol. The zero-order chi connectivity index (χ0) is 13.0. The molecule has 6 nitrogen and oxygen atoms in total. The fourth-order valence-corrected chi connectivity index (χ4v) is 2.57. The van der Waals surface area contributed by atoms with Gasteiger partial charge in [-0.25, -0.2) is 4.68 Å². The molecule has 0 aliphatic heterocycles. The Morgan fingerprint density at radius 3 is 3.00 bits per heavy atom. The van der Waals surface area contributed by atoms with Crippen LogP contribution in [0.5, 0.6) is 0 Å². The molecule has 0 aromatic carbocycles. The molecule has 1 aliphatic rings. The van der Waals surface area contributed by atoms with Gasteiger partial charge in [-0.1, -0.05) is 18.7 Å². The Balaban J connectivity index is 1.75. The van der Waals surface area contributed by atoms with Crippen molar-refractivity contribution < 1.29 is 0 Å². The largest absolute Gasteiger partial charge is 0.313 e. The third-order valence-corrected chi connectivity index (χ3v) is 4.23. The van der Waals surface area contributed by atoms with E-state index in [4.69, 9.17) is 11.0 Å². The highest BCUT2D eigenvalue weighted by molar-refractivity contribution is 7.99. The molecule has 0 radical (unpaired) electrons. The molecule has 1 fully saturated rings. The molecular weight excluding hydrogens is 248 g/mol. The van der Waals surface area contributed by atoms with Crippen molar-refractivity contribution in [3.63, 3.8) is 0 Å². The van der Waals surface area contributed by atoms with Crippen LogP contribution in [0.4, 0.5) is 0 Å². The zero-order valence-corrected chi connectivity index (χ0v) is 11.4. The minimum absolute atomic E-state index is 0.505. The first-order valence-electron chi connectivity index (χ1n) is 6.29. The molecule has 0 amide bonds. The van der Waals surface area contributed by atoms with Crippen LogP contribution in [0, 0.1) is 11.3 Å². The fraction of sp³-hybridized carbons (Fsp3) is 0.818. The van der Waals surface area contributed by atoms with Gasteiger partial charge in [0.1, 0.15) is 5.54 Å². The van der Waals surface area contributed by atoms with Crippen molar-refractivity contribution in [1.29, 1.82) is 5.26 Å². The molecule has 1 unspecified atom stereocenters. The monoisotopic (exact) mass is 266 g/mol. The molecule has 2 N–H and O–H groups in total. The minimum atomic E-state index is -0.678. The van der Waals surface area contributed by atoms with E-state index in [0.29, 0.717) is 12.5 Å². The second kappa shape index (κ2) is 5.67. The van der Waals surface area contributed by atoms with Gasteiger partial charge < -0.3 is 5.73 Å². The average Bonchev–Trinajstić information content (AvgIpc) is 3.14. The van der Waals surface area contributed by atoms with Crippen LogP contribution in [0.25, 0.3) is 0 Å². The van der Waals surface area contributed by atoms with Crippen molar-refractivity contribution >= 4 is 11.8 Å². The lowest BCUT2D eigenvalue weighted by molar-refractivity contribution is 0.478. The van der Waals surface area contributed by atoms with Crippen LogP contribution in [0.3, 0.4) is 0 Å². The topological polar surface area (TPSA) is 93.4 Å². The summed E-state index contributed by atoms with van der Waals surface area (Å²) in [6.07, 6.45) is 4.66. The fourth-order valence-electron chi connectivity index (χ4n) is 1.69. The summed E-state index contributed by atoms with van der Waals surface area (Å²) in [7, 11) is 0. The molecule has 1 aromatic heterocycles. The Morgan fingerprint density at radius 1 is 1.61 bits per heavy atom. The van der Waals surface area contributed by atoms with Gasteiger partial charge in [0.05, 0.1) is 12.1 Å². The number of tetrazole rings is 1. The SMILES string of the molecule is CCC(N)(C#N)CCCSc1nnnn1C1CC1. The normalized spacial score (nSPS) is 18.3. The lowest BCUT2D eigenvalue weighted by Gasteiger charge is -2.18. The van der Waals surface area contributed by atoms with E-state index in [-0.39, 0.29) is 0 Å². The number of hydrogen-bond acceptors (Lipinski definition) is 6. The van der Waals surface area contributed by atoms with Crippen molar-refractivity contribution in [1.82, 2.24) is 20.2 Å². The van der Waals surface area contributed by atoms with Crippen molar-refractivity contribution in [3.8, 4) is 6.07 Å². The molecule has 1 aromatic rings. The first-order valence-corrected chi connectivity index (χ1v) is 7.28. The maximum absolute atomic E-state index is 8.98. The number of nitrogens with zero attached hydrogens (tertiary/aromatic N) is 5. The van der Waals surface area contributed by atoms with Gasteiger partial charge in [0, 0.05) is 5.75 Å². The second-order valence-electron chi connectivity index (χ2n) is 4.71. The van der Waals surface area contributed by atoms with Gasteiger partial charge in [-0.05, 0) is 42.5 Å². The third kappa shape index (κ3) is 3.21. The molecule has 0 spiro atoms. The molecule has 2 rings (SSSR count). The van der Waals surface area contributed by atoms with Crippen LogP contribution in [0.1, 0.15) is 45.1 Å². The lowest BCUT2D eigenvalue weighted by atomic mass is 9.94. The highest BCUT2D eigenvalue weighted by Crippen LogP contribution is 2.36. The van der Waals surface area contributed by atoms with Crippen LogP contribution in [0.15, 0.2) is 5.16 Å². The number of hydrogen-bond donors (Lipinski definition) is 1. The van der Waals surface area contributed by atoms with E-state index >= 15 is 0 Å². The second-order valence-corrected chi connectivity index (χ2v) is 5.77. The molecule has 1 atom stereocenters. The van der Waals surface area contributed by atoms with E-state index in [1.54, 1.807) is 11.8 Å². The smallest absolute Gasteiger partial charge is 0.209 e. The molecule has 1 saturated carbocycles. The number of rotatable bonds is 7. The van der Waals surface area contributed by atoms with Gasteiger partial charge >= 0.3 is 0 Å². The summed E-state index contributed by atoms with van der Waals surface area (Å²) in [5.41, 5.74) is 5.25. The number of nitriles is 1. The Bertz CT molecular complexity index is 435. The first kappa shape index (κ1) is 13.3. The summed E-state index contributed by atoms with van der Waals surface area (Å²) in [4.78, 5) is 0. The van der Waals surface area contributed by atoms with Crippen LogP contribution >= 0.6 is 11.8 Å². The predicted octanol–water partition coefficient (Wildman–Crippen LogP) is 1.51. The quantitative estimate of drug-likeness (QED) is 0.594. The highest BCUT2D eigenvalue weighted by atomic mass is 32.2. The Labute approximate surface area is 111 Å². The number of thioether (sulfide) groups is 1. The maximum Gasteiger partial charge on any atom is 0.209 e. The lowest BCUT2D eigenvalue weighted by Crippen LogP contribution is -2.37. The molecule has 1 aliphatic carbocycles. The highest BCUT2D eigenvalue weighted by Gasteiger charge is 2.28. The Hall–Kier alpha value is -1.13. The van der Waals surface area contributed by atoms with Crippen LogP contribution in [-0.2, 0) is 0 Å². The van der Waals surface area contributed by atoms with E-state index in [1.807, 2.05) is 11.6 Å². The Kier molecular flexibility index (Phi) is 4.19. The van der Waals surface area contributed by atoms with Crippen molar-refractivity contribution in [2.75, 3.05) is 5.75 Å². The molecule has 1 heterocycles.